The van der Waals surface area contributed by atoms with Gasteiger partial charge in [-0.25, -0.2) is 4.98 Å². The molecule has 2 aromatic heterocycles. The fraction of sp³-hybridized carbons (Fsp3) is 0.188. The van der Waals surface area contributed by atoms with Crippen molar-refractivity contribution < 1.29 is 4.74 Å². The predicted molar refractivity (Wildman–Crippen MR) is 86.3 cm³/mol. The zero-order valence-electron chi connectivity index (χ0n) is 11.7. The van der Waals surface area contributed by atoms with Crippen LogP contribution in [-0.4, -0.2) is 9.38 Å². The van der Waals surface area contributed by atoms with Gasteiger partial charge in [-0.1, -0.05) is 28.1 Å². The van der Waals surface area contributed by atoms with Crippen molar-refractivity contribution in [3.8, 4) is 5.75 Å². The maximum absolute atomic E-state index is 5.98. The highest BCUT2D eigenvalue weighted by Crippen LogP contribution is 2.28. The minimum Gasteiger partial charge on any atom is -0.487 e. The number of benzene rings is 1. The third-order valence-electron chi connectivity index (χ3n) is 3.26. The van der Waals surface area contributed by atoms with Gasteiger partial charge >= 0.3 is 0 Å². The summed E-state index contributed by atoms with van der Waals surface area (Å²) in [6.45, 7) is 2.36. The van der Waals surface area contributed by atoms with Crippen LogP contribution in [0.5, 0.6) is 5.75 Å². The van der Waals surface area contributed by atoms with Crippen LogP contribution in [0.25, 0.3) is 5.65 Å². The van der Waals surface area contributed by atoms with Gasteiger partial charge in [0, 0.05) is 28.5 Å². The highest BCUT2D eigenvalue weighted by Gasteiger charge is 2.10. The fourth-order valence-corrected chi connectivity index (χ4v) is 2.56. The molecule has 0 spiro atoms. The van der Waals surface area contributed by atoms with Crippen LogP contribution in [0.2, 0.25) is 0 Å². The zero-order chi connectivity index (χ0) is 14.8. The maximum atomic E-state index is 5.98. The minimum absolute atomic E-state index is 0.0748. The van der Waals surface area contributed by atoms with Crippen molar-refractivity contribution in [2.45, 2.75) is 19.6 Å². The quantitative estimate of drug-likeness (QED) is 0.784. The summed E-state index contributed by atoms with van der Waals surface area (Å²) in [5.74, 6) is 0.788. The minimum atomic E-state index is -0.0748. The van der Waals surface area contributed by atoms with Gasteiger partial charge in [0.05, 0.1) is 5.69 Å². The van der Waals surface area contributed by atoms with E-state index >= 15 is 0 Å². The molecule has 0 amide bonds. The Hall–Kier alpha value is -1.85. The smallest absolute Gasteiger partial charge is 0.137 e. The second-order valence-corrected chi connectivity index (χ2v) is 5.87. The van der Waals surface area contributed by atoms with Gasteiger partial charge in [0.1, 0.15) is 18.0 Å². The van der Waals surface area contributed by atoms with Crippen LogP contribution in [0.3, 0.4) is 0 Å². The Kier molecular flexibility index (Phi) is 3.94. The van der Waals surface area contributed by atoms with Crippen LogP contribution < -0.4 is 10.5 Å². The maximum Gasteiger partial charge on any atom is 0.137 e. The summed E-state index contributed by atoms with van der Waals surface area (Å²) >= 11 is 3.46. The van der Waals surface area contributed by atoms with Crippen LogP contribution in [0, 0.1) is 0 Å². The van der Waals surface area contributed by atoms with Crippen molar-refractivity contribution in [2.75, 3.05) is 0 Å². The largest absolute Gasteiger partial charge is 0.487 e. The summed E-state index contributed by atoms with van der Waals surface area (Å²) < 4.78 is 8.86. The number of ether oxygens (including phenoxy) is 1. The predicted octanol–water partition coefficient (Wildman–Crippen LogP) is 3.70. The van der Waals surface area contributed by atoms with Crippen molar-refractivity contribution in [1.29, 1.82) is 0 Å². The van der Waals surface area contributed by atoms with E-state index in [9.17, 15) is 0 Å². The molecule has 2 N–H and O–H groups in total. The number of nitrogens with two attached hydrogens (primary N) is 1. The molecule has 0 bridgehead atoms. The zero-order valence-corrected chi connectivity index (χ0v) is 13.2. The molecule has 21 heavy (non-hydrogen) atoms. The SMILES string of the molecule is C[C@H](N)c1ccc(Br)cc1OCc1cn2ccccc2n1. The summed E-state index contributed by atoms with van der Waals surface area (Å²) in [5, 5.41) is 0. The fourth-order valence-electron chi connectivity index (χ4n) is 2.22. The third kappa shape index (κ3) is 3.09. The van der Waals surface area contributed by atoms with Crippen LogP contribution in [0.4, 0.5) is 0 Å². The molecule has 3 rings (SSSR count). The molecule has 0 saturated carbocycles. The molecule has 4 nitrogen and oxygen atoms in total. The number of halogens is 1. The van der Waals surface area contributed by atoms with E-state index in [0.717, 1.165) is 27.1 Å². The van der Waals surface area contributed by atoms with Crippen LogP contribution in [0.1, 0.15) is 24.2 Å². The van der Waals surface area contributed by atoms with Gasteiger partial charge in [-0.15, -0.1) is 0 Å². The van der Waals surface area contributed by atoms with Crippen molar-refractivity contribution in [2.24, 2.45) is 5.73 Å². The average molecular weight is 346 g/mol. The first kappa shape index (κ1) is 14.1. The van der Waals surface area contributed by atoms with Crippen LogP contribution >= 0.6 is 15.9 Å². The van der Waals surface area contributed by atoms with Crippen molar-refractivity contribution in [3.05, 3.63) is 64.5 Å². The number of imidazole rings is 1. The number of hydrogen-bond donors (Lipinski definition) is 1. The molecule has 0 aliphatic rings. The third-order valence-corrected chi connectivity index (χ3v) is 3.75. The molecule has 108 valence electrons. The van der Waals surface area contributed by atoms with Crippen molar-refractivity contribution in [3.63, 3.8) is 0 Å². The summed E-state index contributed by atoms with van der Waals surface area (Å²) in [6, 6.07) is 11.7. The normalized spacial score (nSPS) is 12.5. The molecule has 0 aliphatic carbocycles. The molecule has 0 unspecified atom stereocenters. The molecule has 0 radical (unpaired) electrons. The van der Waals surface area contributed by atoms with E-state index in [0.29, 0.717) is 6.61 Å². The lowest BCUT2D eigenvalue weighted by Gasteiger charge is -2.13. The van der Waals surface area contributed by atoms with Gasteiger partial charge in [0.2, 0.25) is 0 Å². The second kappa shape index (κ2) is 5.87. The Balaban J connectivity index is 1.82. The van der Waals surface area contributed by atoms with E-state index in [-0.39, 0.29) is 6.04 Å². The average Bonchev–Trinajstić information content (AvgIpc) is 2.87. The number of fused-ring (bicyclic) bond motifs is 1. The first-order chi connectivity index (χ1) is 10.1. The van der Waals surface area contributed by atoms with Gasteiger partial charge in [0.15, 0.2) is 0 Å². The van der Waals surface area contributed by atoms with Gasteiger partial charge in [-0.3, -0.25) is 0 Å². The molecule has 0 fully saturated rings. The standard InChI is InChI=1S/C16H16BrN3O/c1-11(18)14-6-5-12(17)8-15(14)21-10-13-9-20-7-3-2-4-16(20)19-13/h2-9,11H,10,18H2,1H3/t11-/m0/s1. The number of nitrogens with zero attached hydrogens (tertiary/aromatic N) is 2. The van der Waals surface area contributed by atoms with E-state index in [1.54, 1.807) is 0 Å². The molecular formula is C16H16BrN3O. The molecule has 2 heterocycles. The number of pyridine rings is 1. The van der Waals surface area contributed by atoms with E-state index < -0.39 is 0 Å². The number of hydrogen-bond acceptors (Lipinski definition) is 3. The molecule has 1 aromatic carbocycles. The van der Waals surface area contributed by atoms with E-state index in [4.69, 9.17) is 10.5 Å². The highest BCUT2D eigenvalue weighted by molar-refractivity contribution is 9.10. The van der Waals surface area contributed by atoms with Crippen LogP contribution in [-0.2, 0) is 6.61 Å². The molecule has 1 atom stereocenters. The number of aromatic nitrogens is 2. The van der Waals surface area contributed by atoms with Gasteiger partial charge in [-0.05, 0) is 31.2 Å². The van der Waals surface area contributed by atoms with Crippen molar-refractivity contribution in [1.82, 2.24) is 9.38 Å². The highest BCUT2D eigenvalue weighted by atomic mass is 79.9. The molecule has 3 aromatic rings. The van der Waals surface area contributed by atoms with E-state index in [1.165, 1.54) is 0 Å². The lowest BCUT2D eigenvalue weighted by molar-refractivity contribution is 0.297. The van der Waals surface area contributed by atoms with Crippen LogP contribution in [0.15, 0.2) is 53.3 Å². The first-order valence-electron chi connectivity index (χ1n) is 6.74. The lowest BCUT2D eigenvalue weighted by atomic mass is 10.1. The summed E-state index contributed by atoms with van der Waals surface area (Å²) in [5.41, 5.74) is 8.77. The number of rotatable bonds is 4. The Morgan fingerprint density at radius 1 is 1.33 bits per heavy atom. The molecular weight excluding hydrogens is 330 g/mol. The topological polar surface area (TPSA) is 52.5 Å². The van der Waals surface area contributed by atoms with Crippen molar-refractivity contribution >= 4 is 21.6 Å². The molecule has 5 heteroatoms. The van der Waals surface area contributed by atoms with Gasteiger partial charge < -0.3 is 14.9 Å². The summed E-state index contributed by atoms with van der Waals surface area (Å²) in [7, 11) is 0. The first-order valence-corrected chi connectivity index (χ1v) is 7.53. The van der Waals surface area contributed by atoms with E-state index in [2.05, 4.69) is 20.9 Å². The monoisotopic (exact) mass is 345 g/mol. The Labute approximate surface area is 131 Å². The lowest BCUT2D eigenvalue weighted by Crippen LogP contribution is -2.08. The Morgan fingerprint density at radius 2 is 2.19 bits per heavy atom. The van der Waals surface area contributed by atoms with Gasteiger partial charge in [-0.2, -0.15) is 0 Å². The summed E-state index contributed by atoms with van der Waals surface area (Å²) in [6.07, 6.45) is 3.94. The Morgan fingerprint density at radius 3 is 2.95 bits per heavy atom. The second-order valence-electron chi connectivity index (χ2n) is 4.96. The Bertz CT molecular complexity index is 734. The summed E-state index contributed by atoms with van der Waals surface area (Å²) in [4.78, 5) is 4.52. The van der Waals surface area contributed by atoms with E-state index in [1.807, 2.05) is 60.1 Å². The van der Waals surface area contributed by atoms with Gasteiger partial charge in [0.25, 0.3) is 0 Å². The molecule has 0 aliphatic heterocycles. The molecule has 0 saturated heterocycles.